The molecule has 0 aliphatic rings. The second-order valence-corrected chi connectivity index (χ2v) is 5.80. The summed E-state index contributed by atoms with van der Waals surface area (Å²) in [7, 11) is 0. The number of carboxylic acid groups (broad SMARTS) is 1. The predicted molar refractivity (Wildman–Crippen MR) is 75.6 cm³/mol. The summed E-state index contributed by atoms with van der Waals surface area (Å²) < 4.78 is 1.88. The molecule has 106 valence electrons. The molecule has 0 aliphatic heterocycles. The van der Waals surface area contributed by atoms with E-state index in [1.54, 1.807) is 0 Å². The lowest BCUT2D eigenvalue weighted by Gasteiger charge is -2.27. The molecule has 1 N–H and O–H groups in total. The van der Waals surface area contributed by atoms with Gasteiger partial charge in [0.1, 0.15) is 5.56 Å². The van der Waals surface area contributed by atoms with Gasteiger partial charge in [-0.2, -0.15) is 0 Å². The molecule has 0 spiro atoms. The Bertz CT molecular complexity index is 507. The SMILES string of the molecule is Cc1cc(=O)c(C(=O)O)cn1CC(C(C)C)C(C)C. The third-order valence-electron chi connectivity index (χ3n) is 3.69. The molecule has 0 unspecified atom stereocenters. The number of carboxylic acids is 1. The summed E-state index contributed by atoms with van der Waals surface area (Å²) in [5.41, 5.74) is 0.227. The van der Waals surface area contributed by atoms with Crippen LogP contribution in [0.25, 0.3) is 0 Å². The van der Waals surface area contributed by atoms with E-state index in [1.807, 2.05) is 11.5 Å². The molecule has 0 atom stereocenters. The predicted octanol–water partition coefficient (Wildman–Crippen LogP) is 2.78. The van der Waals surface area contributed by atoms with E-state index in [9.17, 15) is 9.59 Å². The molecule has 0 aliphatic carbocycles. The molecular formula is C15H23NO3. The molecule has 19 heavy (non-hydrogen) atoms. The Morgan fingerprint density at radius 3 is 2.21 bits per heavy atom. The molecule has 0 saturated carbocycles. The molecule has 4 nitrogen and oxygen atoms in total. The molecule has 0 bridgehead atoms. The van der Waals surface area contributed by atoms with Crippen molar-refractivity contribution in [2.75, 3.05) is 0 Å². The fourth-order valence-corrected chi connectivity index (χ4v) is 2.45. The lowest BCUT2D eigenvalue weighted by atomic mass is 9.85. The molecule has 4 heteroatoms. The normalized spacial score (nSPS) is 11.6. The molecule has 0 saturated heterocycles. The van der Waals surface area contributed by atoms with Gasteiger partial charge < -0.3 is 9.67 Å². The van der Waals surface area contributed by atoms with Gasteiger partial charge in [-0.15, -0.1) is 0 Å². The Hall–Kier alpha value is -1.58. The highest BCUT2D eigenvalue weighted by molar-refractivity contribution is 5.87. The summed E-state index contributed by atoms with van der Waals surface area (Å²) in [4.78, 5) is 22.6. The van der Waals surface area contributed by atoms with Crippen LogP contribution in [-0.4, -0.2) is 15.6 Å². The first kappa shape index (κ1) is 15.5. The van der Waals surface area contributed by atoms with Gasteiger partial charge in [0.25, 0.3) is 0 Å². The molecule has 1 aromatic heterocycles. The highest BCUT2D eigenvalue weighted by atomic mass is 16.4. The van der Waals surface area contributed by atoms with Crippen LogP contribution in [0.3, 0.4) is 0 Å². The zero-order valence-corrected chi connectivity index (χ0v) is 12.3. The zero-order chi connectivity index (χ0) is 14.7. The monoisotopic (exact) mass is 265 g/mol. The van der Waals surface area contributed by atoms with Crippen LogP contribution in [0.2, 0.25) is 0 Å². The average Bonchev–Trinajstić information content (AvgIpc) is 2.26. The quantitative estimate of drug-likeness (QED) is 0.890. The van der Waals surface area contributed by atoms with Crippen molar-refractivity contribution in [3.05, 3.63) is 33.7 Å². The van der Waals surface area contributed by atoms with Gasteiger partial charge in [-0.3, -0.25) is 4.79 Å². The second-order valence-electron chi connectivity index (χ2n) is 5.80. The van der Waals surface area contributed by atoms with Crippen molar-refractivity contribution < 1.29 is 9.90 Å². The van der Waals surface area contributed by atoms with Crippen molar-refractivity contribution in [3.63, 3.8) is 0 Å². The summed E-state index contributed by atoms with van der Waals surface area (Å²) in [6, 6.07) is 1.40. The van der Waals surface area contributed by atoms with Crippen LogP contribution in [0.15, 0.2) is 17.1 Å². The Balaban J connectivity index is 3.17. The number of aromatic nitrogens is 1. The minimum Gasteiger partial charge on any atom is -0.477 e. The van der Waals surface area contributed by atoms with Crippen LogP contribution in [0.4, 0.5) is 0 Å². The average molecular weight is 265 g/mol. The minimum atomic E-state index is -1.16. The summed E-state index contributed by atoms with van der Waals surface area (Å²) in [6.07, 6.45) is 1.47. The van der Waals surface area contributed by atoms with Crippen molar-refractivity contribution in [1.29, 1.82) is 0 Å². The lowest BCUT2D eigenvalue weighted by molar-refractivity contribution is 0.0694. The summed E-state index contributed by atoms with van der Waals surface area (Å²) in [6.45, 7) is 11.2. The maximum atomic E-state index is 11.6. The van der Waals surface area contributed by atoms with Gasteiger partial charge in [-0.05, 0) is 24.7 Å². The van der Waals surface area contributed by atoms with Gasteiger partial charge in [0.2, 0.25) is 0 Å². The first-order chi connectivity index (χ1) is 8.73. The first-order valence-electron chi connectivity index (χ1n) is 6.68. The van der Waals surface area contributed by atoms with Gasteiger partial charge in [-0.1, -0.05) is 27.7 Å². The smallest absolute Gasteiger partial charge is 0.341 e. The molecular weight excluding hydrogens is 242 g/mol. The summed E-state index contributed by atoms with van der Waals surface area (Å²) in [5.74, 6) is 0.298. The molecule has 0 amide bonds. The number of hydrogen-bond donors (Lipinski definition) is 1. The van der Waals surface area contributed by atoms with Crippen molar-refractivity contribution in [3.8, 4) is 0 Å². The van der Waals surface area contributed by atoms with Gasteiger partial charge in [0, 0.05) is 24.5 Å². The number of nitrogens with zero attached hydrogens (tertiary/aromatic N) is 1. The van der Waals surface area contributed by atoms with Crippen LogP contribution in [-0.2, 0) is 6.54 Å². The third-order valence-corrected chi connectivity index (χ3v) is 3.69. The Kier molecular flexibility index (Phi) is 4.92. The molecule has 1 aromatic rings. The first-order valence-corrected chi connectivity index (χ1v) is 6.68. The third kappa shape index (κ3) is 3.69. The van der Waals surface area contributed by atoms with Gasteiger partial charge in [0.15, 0.2) is 5.43 Å². The Morgan fingerprint density at radius 2 is 1.79 bits per heavy atom. The van der Waals surface area contributed by atoms with Gasteiger partial charge in [0.05, 0.1) is 0 Å². The highest BCUT2D eigenvalue weighted by Gasteiger charge is 2.19. The molecule has 1 rings (SSSR count). The molecule has 1 heterocycles. The van der Waals surface area contributed by atoms with Crippen molar-refractivity contribution in [1.82, 2.24) is 4.57 Å². The van der Waals surface area contributed by atoms with Crippen molar-refractivity contribution >= 4 is 5.97 Å². The molecule has 0 fully saturated rings. The van der Waals surface area contributed by atoms with Gasteiger partial charge in [-0.25, -0.2) is 4.79 Å². The second kappa shape index (κ2) is 6.04. The van der Waals surface area contributed by atoms with E-state index >= 15 is 0 Å². The van der Waals surface area contributed by atoms with E-state index in [-0.39, 0.29) is 5.56 Å². The van der Waals surface area contributed by atoms with Crippen LogP contribution >= 0.6 is 0 Å². The summed E-state index contributed by atoms with van der Waals surface area (Å²) >= 11 is 0. The van der Waals surface area contributed by atoms with Crippen LogP contribution < -0.4 is 5.43 Å². The topological polar surface area (TPSA) is 59.3 Å². The summed E-state index contributed by atoms with van der Waals surface area (Å²) in [5, 5.41) is 9.02. The Morgan fingerprint density at radius 1 is 1.26 bits per heavy atom. The van der Waals surface area contributed by atoms with E-state index < -0.39 is 11.4 Å². The van der Waals surface area contributed by atoms with Gasteiger partial charge >= 0.3 is 5.97 Å². The van der Waals surface area contributed by atoms with Crippen LogP contribution in [0, 0.1) is 24.7 Å². The maximum absolute atomic E-state index is 11.6. The van der Waals surface area contributed by atoms with E-state index in [0.717, 1.165) is 12.2 Å². The lowest BCUT2D eigenvalue weighted by Crippen LogP contribution is -2.25. The zero-order valence-electron chi connectivity index (χ0n) is 12.3. The fourth-order valence-electron chi connectivity index (χ4n) is 2.45. The van der Waals surface area contributed by atoms with Crippen LogP contribution in [0.5, 0.6) is 0 Å². The highest BCUT2D eigenvalue weighted by Crippen LogP contribution is 2.23. The molecule has 0 aromatic carbocycles. The molecule has 0 radical (unpaired) electrons. The number of aromatic carboxylic acids is 1. The van der Waals surface area contributed by atoms with E-state index in [4.69, 9.17) is 5.11 Å². The standard InChI is InChI=1S/C15H23NO3/c1-9(2)12(10(3)4)7-16-8-13(15(18)19)14(17)6-11(16)5/h6,8-10,12H,7H2,1-5H3,(H,18,19). The van der Waals surface area contributed by atoms with Crippen molar-refractivity contribution in [2.24, 2.45) is 17.8 Å². The number of carbonyl (C=O) groups is 1. The number of rotatable bonds is 5. The number of hydrogen-bond acceptors (Lipinski definition) is 2. The van der Waals surface area contributed by atoms with Crippen molar-refractivity contribution in [2.45, 2.75) is 41.2 Å². The fraction of sp³-hybridized carbons (Fsp3) is 0.600. The van der Waals surface area contributed by atoms with Crippen LogP contribution in [0.1, 0.15) is 43.7 Å². The number of aryl methyl sites for hydroxylation is 1. The van der Waals surface area contributed by atoms with E-state index in [0.29, 0.717) is 17.8 Å². The van der Waals surface area contributed by atoms with E-state index in [2.05, 4.69) is 27.7 Å². The van der Waals surface area contributed by atoms with E-state index in [1.165, 1.54) is 12.3 Å². The Labute approximate surface area is 114 Å². The minimum absolute atomic E-state index is 0.156. The maximum Gasteiger partial charge on any atom is 0.341 e. The number of pyridine rings is 1. The largest absolute Gasteiger partial charge is 0.477 e.